The van der Waals surface area contributed by atoms with Gasteiger partial charge in [0.15, 0.2) is 0 Å². The van der Waals surface area contributed by atoms with Crippen LogP contribution in [0.5, 0.6) is 0 Å². The van der Waals surface area contributed by atoms with Gasteiger partial charge in [-0.2, -0.15) is 0 Å². The summed E-state index contributed by atoms with van der Waals surface area (Å²) in [5.74, 6) is 0. The van der Waals surface area contributed by atoms with E-state index in [-0.39, 0.29) is 0 Å². The molecule has 1 aromatic rings. The van der Waals surface area contributed by atoms with Gasteiger partial charge in [-0.1, -0.05) is 31.2 Å². The van der Waals surface area contributed by atoms with Crippen molar-refractivity contribution in [2.24, 2.45) is 5.73 Å². The molecular weight excluding hydrogens is 158 g/mol. The smallest absolute Gasteiger partial charge is 0.00136 e. The van der Waals surface area contributed by atoms with Gasteiger partial charge in [0.25, 0.3) is 0 Å². The molecule has 0 aliphatic heterocycles. The maximum absolute atomic E-state index is 5.71. The first-order valence-electron chi connectivity index (χ1n) is 5.05. The fourth-order valence-electron chi connectivity index (χ4n) is 1.40. The number of hydrogen-bond acceptors (Lipinski definition) is 1. The van der Waals surface area contributed by atoms with E-state index >= 15 is 0 Å². The molecule has 72 valence electrons. The van der Waals surface area contributed by atoms with Crippen LogP contribution in [0.1, 0.15) is 31.4 Å². The minimum absolute atomic E-state index is 0.310. The maximum Gasteiger partial charge on any atom is 0.00136 e. The molecule has 0 radical (unpaired) electrons. The number of hydrogen-bond donors (Lipinski definition) is 1. The summed E-state index contributed by atoms with van der Waals surface area (Å²) in [6.07, 6.45) is 3.30. The van der Waals surface area contributed by atoms with Crippen molar-refractivity contribution in [2.45, 2.75) is 39.2 Å². The average molecular weight is 177 g/mol. The van der Waals surface area contributed by atoms with Gasteiger partial charge in [-0.15, -0.1) is 0 Å². The summed E-state index contributed by atoms with van der Waals surface area (Å²) in [4.78, 5) is 0. The molecule has 0 fully saturated rings. The lowest BCUT2D eigenvalue weighted by Crippen LogP contribution is -2.15. The first-order valence-corrected chi connectivity index (χ1v) is 5.05. The molecule has 0 heterocycles. The first-order chi connectivity index (χ1) is 6.22. The van der Waals surface area contributed by atoms with Gasteiger partial charge in [0.05, 0.1) is 0 Å². The molecule has 0 spiro atoms. The van der Waals surface area contributed by atoms with Crippen molar-refractivity contribution in [1.82, 2.24) is 0 Å². The van der Waals surface area contributed by atoms with Gasteiger partial charge in [-0.3, -0.25) is 0 Å². The minimum atomic E-state index is 0.310. The molecule has 2 N–H and O–H groups in total. The van der Waals surface area contributed by atoms with Crippen LogP contribution in [0.4, 0.5) is 0 Å². The molecular formula is C12H19N. The normalized spacial score (nSPS) is 12.8. The van der Waals surface area contributed by atoms with Crippen molar-refractivity contribution in [3.8, 4) is 0 Å². The van der Waals surface area contributed by atoms with Gasteiger partial charge < -0.3 is 5.73 Å². The molecule has 13 heavy (non-hydrogen) atoms. The van der Waals surface area contributed by atoms with Crippen LogP contribution in [-0.4, -0.2) is 6.04 Å². The Hall–Kier alpha value is -0.820. The highest BCUT2D eigenvalue weighted by Gasteiger charge is 1.97. The Bertz CT molecular complexity index is 253. The Morgan fingerprint density at radius 1 is 1.31 bits per heavy atom. The lowest BCUT2D eigenvalue weighted by Gasteiger charge is -2.06. The van der Waals surface area contributed by atoms with E-state index in [1.54, 1.807) is 0 Å². The summed E-state index contributed by atoms with van der Waals surface area (Å²) in [5.41, 5.74) is 8.54. The van der Waals surface area contributed by atoms with Gasteiger partial charge in [0.2, 0.25) is 0 Å². The minimum Gasteiger partial charge on any atom is -0.328 e. The topological polar surface area (TPSA) is 26.0 Å². The van der Waals surface area contributed by atoms with Crippen LogP contribution in [-0.2, 0) is 12.8 Å². The van der Waals surface area contributed by atoms with Crippen molar-refractivity contribution in [3.63, 3.8) is 0 Å². The molecule has 0 saturated carbocycles. The van der Waals surface area contributed by atoms with E-state index in [4.69, 9.17) is 5.73 Å². The van der Waals surface area contributed by atoms with E-state index in [1.807, 2.05) is 0 Å². The van der Waals surface area contributed by atoms with Crippen molar-refractivity contribution in [1.29, 1.82) is 0 Å². The summed E-state index contributed by atoms with van der Waals surface area (Å²) in [5, 5.41) is 0. The highest BCUT2D eigenvalue weighted by atomic mass is 14.6. The Labute approximate surface area is 81.0 Å². The van der Waals surface area contributed by atoms with Crippen molar-refractivity contribution in [2.75, 3.05) is 0 Å². The SMILES string of the molecule is CCc1cccc(CC[C@@H](C)N)c1. The molecule has 1 atom stereocenters. The molecule has 0 bridgehead atoms. The lowest BCUT2D eigenvalue weighted by molar-refractivity contribution is 0.666. The molecule has 1 nitrogen and oxygen atoms in total. The summed E-state index contributed by atoms with van der Waals surface area (Å²) >= 11 is 0. The van der Waals surface area contributed by atoms with Crippen LogP contribution < -0.4 is 5.73 Å². The zero-order valence-electron chi connectivity index (χ0n) is 8.59. The lowest BCUT2D eigenvalue weighted by atomic mass is 10.0. The molecule has 0 aliphatic carbocycles. The summed E-state index contributed by atoms with van der Waals surface area (Å²) in [7, 11) is 0. The Kier molecular flexibility index (Phi) is 3.97. The molecule has 0 amide bonds. The van der Waals surface area contributed by atoms with E-state index in [0.29, 0.717) is 6.04 Å². The zero-order chi connectivity index (χ0) is 9.68. The third-order valence-electron chi connectivity index (χ3n) is 2.29. The van der Waals surface area contributed by atoms with Crippen LogP contribution in [0.2, 0.25) is 0 Å². The van der Waals surface area contributed by atoms with Crippen molar-refractivity contribution >= 4 is 0 Å². The van der Waals surface area contributed by atoms with Gasteiger partial charge in [-0.25, -0.2) is 0 Å². The van der Waals surface area contributed by atoms with E-state index in [1.165, 1.54) is 11.1 Å². The van der Waals surface area contributed by atoms with Gasteiger partial charge in [0, 0.05) is 6.04 Å². The van der Waals surface area contributed by atoms with Crippen LogP contribution in [0.25, 0.3) is 0 Å². The predicted molar refractivity (Wildman–Crippen MR) is 57.8 cm³/mol. The summed E-state index contributed by atoms with van der Waals surface area (Å²) < 4.78 is 0. The fourth-order valence-corrected chi connectivity index (χ4v) is 1.40. The second-order valence-electron chi connectivity index (χ2n) is 3.69. The molecule has 0 aliphatic rings. The third kappa shape index (κ3) is 3.60. The monoisotopic (exact) mass is 177 g/mol. The second-order valence-corrected chi connectivity index (χ2v) is 3.69. The largest absolute Gasteiger partial charge is 0.328 e. The zero-order valence-corrected chi connectivity index (χ0v) is 8.59. The molecule has 1 heteroatoms. The van der Waals surface area contributed by atoms with Crippen LogP contribution in [0, 0.1) is 0 Å². The summed E-state index contributed by atoms with van der Waals surface area (Å²) in [6.45, 7) is 4.24. The fraction of sp³-hybridized carbons (Fsp3) is 0.500. The quantitative estimate of drug-likeness (QED) is 0.751. The predicted octanol–water partition coefficient (Wildman–Crippen LogP) is 2.53. The molecule has 0 unspecified atom stereocenters. The van der Waals surface area contributed by atoms with E-state index in [2.05, 4.69) is 38.1 Å². The van der Waals surface area contributed by atoms with Crippen LogP contribution in [0.15, 0.2) is 24.3 Å². The first kappa shape index (κ1) is 10.3. The van der Waals surface area contributed by atoms with Crippen LogP contribution >= 0.6 is 0 Å². The van der Waals surface area contributed by atoms with Gasteiger partial charge in [0.1, 0.15) is 0 Å². The maximum atomic E-state index is 5.71. The van der Waals surface area contributed by atoms with E-state index in [9.17, 15) is 0 Å². The average Bonchev–Trinajstić information content (AvgIpc) is 2.15. The second kappa shape index (κ2) is 5.03. The number of nitrogens with two attached hydrogens (primary N) is 1. The molecule has 0 aromatic heterocycles. The molecule has 0 saturated heterocycles. The standard InChI is InChI=1S/C12H19N/c1-3-11-5-4-6-12(9-11)8-7-10(2)13/h4-6,9-10H,3,7-8,13H2,1-2H3/t10-/m1/s1. The van der Waals surface area contributed by atoms with E-state index < -0.39 is 0 Å². The Morgan fingerprint density at radius 3 is 2.62 bits per heavy atom. The Balaban J connectivity index is 2.56. The van der Waals surface area contributed by atoms with Crippen molar-refractivity contribution in [3.05, 3.63) is 35.4 Å². The highest BCUT2D eigenvalue weighted by molar-refractivity contribution is 5.23. The summed E-state index contributed by atoms with van der Waals surface area (Å²) in [6, 6.07) is 9.08. The number of benzene rings is 1. The number of rotatable bonds is 4. The highest BCUT2D eigenvalue weighted by Crippen LogP contribution is 2.08. The Morgan fingerprint density at radius 2 is 2.00 bits per heavy atom. The third-order valence-corrected chi connectivity index (χ3v) is 2.29. The van der Waals surface area contributed by atoms with E-state index in [0.717, 1.165) is 19.3 Å². The number of aryl methyl sites for hydroxylation is 2. The molecule has 1 aromatic carbocycles. The molecule has 1 rings (SSSR count). The van der Waals surface area contributed by atoms with Crippen molar-refractivity contribution < 1.29 is 0 Å². The van der Waals surface area contributed by atoms with Gasteiger partial charge in [-0.05, 0) is 37.3 Å². The van der Waals surface area contributed by atoms with Crippen LogP contribution in [0.3, 0.4) is 0 Å². The van der Waals surface area contributed by atoms with Gasteiger partial charge >= 0.3 is 0 Å².